The molecule has 1 aromatic carbocycles. The average molecular weight is 278 g/mol. The molecule has 0 spiro atoms. The maximum atomic E-state index is 11.4. The summed E-state index contributed by atoms with van der Waals surface area (Å²) in [6.45, 7) is 5.61. The van der Waals surface area contributed by atoms with Crippen molar-refractivity contribution in [1.29, 1.82) is 0 Å². The van der Waals surface area contributed by atoms with Crippen LogP contribution in [0.1, 0.15) is 56.3 Å². The summed E-state index contributed by atoms with van der Waals surface area (Å²) in [5, 5.41) is 0. The van der Waals surface area contributed by atoms with Crippen molar-refractivity contribution in [2.75, 3.05) is 19.8 Å². The Morgan fingerprint density at radius 2 is 1.75 bits per heavy atom. The molecule has 3 nitrogen and oxygen atoms in total. The second kappa shape index (κ2) is 10.4. The van der Waals surface area contributed by atoms with Crippen LogP contribution in [0.15, 0.2) is 24.3 Å². The maximum Gasteiger partial charge on any atom is 0.163 e. The molecule has 0 N–H and O–H groups in total. The number of ketones is 1. The zero-order chi connectivity index (χ0) is 14.6. The molecule has 0 aliphatic heterocycles. The molecule has 1 aromatic rings. The van der Waals surface area contributed by atoms with Crippen LogP contribution in [0.2, 0.25) is 0 Å². The molecule has 0 amide bonds. The summed E-state index contributed by atoms with van der Waals surface area (Å²) >= 11 is 0. The number of Topliss-reactive ketones (excluding diaryl/α,β-unsaturated/α-hetero) is 1. The number of hydrogen-bond acceptors (Lipinski definition) is 3. The van der Waals surface area contributed by atoms with Crippen molar-refractivity contribution < 1.29 is 14.3 Å². The van der Waals surface area contributed by atoms with Crippen molar-refractivity contribution in [3.05, 3.63) is 29.8 Å². The fourth-order valence-corrected chi connectivity index (χ4v) is 2.00. The molecule has 0 aliphatic carbocycles. The third kappa shape index (κ3) is 6.71. The molecule has 3 heteroatoms. The van der Waals surface area contributed by atoms with E-state index in [1.165, 1.54) is 25.7 Å². The second-order valence-corrected chi connectivity index (χ2v) is 4.93. The Morgan fingerprint density at radius 3 is 2.50 bits per heavy atom. The van der Waals surface area contributed by atoms with Gasteiger partial charge in [-0.1, -0.05) is 44.7 Å². The molecular weight excluding hydrogens is 252 g/mol. The topological polar surface area (TPSA) is 35.5 Å². The number of hydrogen-bond donors (Lipinski definition) is 0. The van der Waals surface area contributed by atoms with E-state index >= 15 is 0 Å². The molecular formula is C17H26O3. The number of rotatable bonds is 11. The quantitative estimate of drug-likeness (QED) is 0.448. The molecule has 0 aliphatic rings. The standard InChI is InChI=1S/C17H26O3/c1-3-4-5-6-9-12-19-13-14-20-17-11-8-7-10-16(17)15(2)18/h7-8,10-11H,3-6,9,12-14H2,1-2H3. The summed E-state index contributed by atoms with van der Waals surface area (Å²) in [5.41, 5.74) is 0.632. The lowest BCUT2D eigenvalue weighted by Crippen LogP contribution is -2.09. The zero-order valence-corrected chi connectivity index (χ0v) is 12.7. The van der Waals surface area contributed by atoms with Crippen LogP contribution in [0.4, 0.5) is 0 Å². The van der Waals surface area contributed by atoms with E-state index < -0.39 is 0 Å². The first kappa shape index (κ1) is 16.7. The van der Waals surface area contributed by atoms with E-state index in [9.17, 15) is 4.79 Å². The number of carbonyl (C=O) groups excluding carboxylic acids is 1. The molecule has 0 saturated heterocycles. The van der Waals surface area contributed by atoms with Gasteiger partial charge in [-0.05, 0) is 25.5 Å². The van der Waals surface area contributed by atoms with Gasteiger partial charge in [-0.2, -0.15) is 0 Å². The Bertz CT molecular complexity index is 388. The minimum absolute atomic E-state index is 0.0254. The van der Waals surface area contributed by atoms with Crippen LogP contribution < -0.4 is 4.74 Å². The Kier molecular flexibility index (Phi) is 8.72. The van der Waals surface area contributed by atoms with Crippen molar-refractivity contribution in [2.45, 2.75) is 46.0 Å². The molecule has 0 atom stereocenters. The molecule has 0 saturated carbocycles. The van der Waals surface area contributed by atoms with Gasteiger partial charge < -0.3 is 9.47 Å². The number of ether oxygens (including phenoxy) is 2. The van der Waals surface area contributed by atoms with Gasteiger partial charge in [0.15, 0.2) is 5.78 Å². The van der Waals surface area contributed by atoms with Gasteiger partial charge in [0.25, 0.3) is 0 Å². The van der Waals surface area contributed by atoms with E-state index in [4.69, 9.17) is 9.47 Å². The highest BCUT2D eigenvalue weighted by molar-refractivity contribution is 5.96. The summed E-state index contributed by atoms with van der Waals surface area (Å²) in [6.07, 6.45) is 6.23. The van der Waals surface area contributed by atoms with E-state index in [0.717, 1.165) is 13.0 Å². The van der Waals surface area contributed by atoms with Crippen LogP contribution in [0, 0.1) is 0 Å². The van der Waals surface area contributed by atoms with Crippen molar-refractivity contribution >= 4 is 5.78 Å². The largest absolute Gasteiger partial charge is 0.490 e. The highest BCUT2D eigenvalue weighted by Crippen LogP contribution is 2.18. The van der Waals surface area contributed by atoms with Crippen LogP contribution in [0.25, 0.3) is 0 Å². The Balaban J connectivity index is 2.11. The molecule has 0 radical (unpaired) electrons. The highest BCUT2D eigenvalue weighted by atomic mass is 16.5. The first-order valence-electron chi connectivity index (χ1n) is 7.56. The third-order valence-corrected chi connectivity index (χ3v) is 3.14. The molecule has 0 bridgehead atoms. The summed E-state index contributed by atoms with van der Waals surface area (Å²) in [6, 6.07) is 7.32. The molecule has 20 heavy (non-hydrogen) atoms. The molecule has 1 rings (SSSR count). The van der Waals surface area contributed by atoms with E-state index in [2.05, 4.69) is 6.92 Å². The normalized spacial score (nSPS) is 10.5. The first-order chi connectivity index (χ1) is 9.75. The van der Waals surface area contributed by atoms with Gasteiger partial charge in [0.05, 0.1) is 12.2 Å². The number of benzene rings is 1. The summed E-state index contributed by atoms with van der Waals surface area (Å²) in [7, 11) is 0. The predicted molar refractivity (Wildman–Crippen MR) is 81.5 cm³/mol. The number of para-hydroxylation sites is 1. The van der Waals surface area contributed by atoms with E-state index in [1.54, 1.807) is 13.0 Å². The first-order valence-corrected chi connectivity index (χ1v) is 7.56. The van der Waals surface area contributed by atoms with E-state index in [-0.39, 0.29) is 5.78 Å². The fourth-order valence-electron chi connectivity index (χ4n) is 2.00. The van der Waals surface area contributed by atoms with Crippen LogP contribution in [-0.4, -0.2) is 25.6 Å². The van der Waals surface area contributed by atoms with Gasteiger partial charge in [0, 0.05) is 6.61 Å². The zero-order valence-electron chi connectivity index (χ0n) is 12.7. The van der Waals surface area contributed by atoms with Gasteiger partial charge in [-0.25, -0.2) is 0 Å². The number of carbonyl (C=O) groups is 1. The lowest BCUT2D eigenvalue weighted by Gasteiger charge is -2.10. The molecule has 0 unspecified atom stereocenters. The second-order valence-electron chi connectivity index (χ2n) is 4.93. The van der Waals surface area contributed by atoms with Crippen molar-refractivity contribution in [1.82, 2.24) is 0 Å². The monoisotopic (exact) mass is 278 g/mol. The SMILES string of the molecule is CCCCCCCOCCOc1ccccc1C(C)=O. The smallest absolute Gasteiger partial charge is 0.163 e. The Labute approximate surface area is 122 Å². The van der Waals surface area contributed by atoms with Crippen LogP contribution in [-0.2, 0) is 4.74 Å². The summed E-state index contributed by atoms with van der Waals surface area (Å²) in [4.78, 5) is 11.4. The lowest BCUT2D eigenvalue weighted by atomic mass is 10.1. The van der Waals surface area contributed by atoms with Gasteiger partial charge >= 0.3 is 0 Å². The number of unbranched alkanes of at least 4 members (excludes halogenated alkanes) is 4. The van der Waals surface area contributed by atoms with Gasteiger partial charge in [0.1, 0.15) is 12.4 Å². The molecule has 0 aromatic heterocycles. The van der Waals surface area contributed by atoms with Crippen molar-refractivity contribution in [2.24, 2.45) is 0 Å². The fraction of sp³-hybridized carbons (Fsp3) is 0.588. The van der Waals surface area contributed by atoms with Crippen LogP contribution in [0.5, 0.6) is 5.75 Å². The van der Waals surface area contributed by atoms with Crippen LogP contribution >= 0.6 is 0 Å². The van der Waals surface area contributed by atoms with Crippen molar-refractivity contribution in [3.63, 3.8) is 0 Å². The minimum Gasteiger partial charge on any atom is -0.490 e. The third-order valence-electron chi connectivity index (χ3n) is 3.14. The lowest BCUT2D eigenvalue weighted by molar-refractivity contribution is 0.0942. The average Bonchev–Trinajstić information content (AvgIpc) is 2.46. The summed E-state index contributed by atoms with van der Waals surface area (Å²) < 4.78 is 11.1. The Hall–Kier alpha value is -1.35. The Morgan fingerprint density at radius 1 is 1.00 bits per heavy atom. The van der Waals surface area contributed by atoms with Crippen molar-refractivity contribution in [3.8, 4) is 5.75 Å². The maximum absolute atomic E-state index is 11.4. The van der Waals surface area contributed by atoms with E-state index in [1.807, 2.05) is 18.2 Å². The summed E-state index contributed by atoms with van der Waals surface area (Å²) in [5.74, 6) is 0.670. The van der Waals surface area contributed by atoms with Gasteiger partial charge in [-0.3, -0.25) is 4.79 Å². The van der Waals surface area contributed by atoms with Gasteiger partial charge in [0.2, 0.25) is 0 Å². The molecule has 0 fully saturated rings. The minimum atomic E-state index is 0.0254. The van der Waals surface area contributed by atoms with Gasteiger partial charge in [-0.15, -0.1) is 0 Å². The van der Waals surface area contributed by atoms with Crippen LogP contribution in [0.3, 0.4) is 0 Å². The highest BCUT2D eigenvalue weighted by Gasteiger charge is 2.06. The molecule has 112 valence electrons. The predicted octanol–water partition coefficient (Wildman–Crippen LogP) is 4.26. The van der Waals surface area contributed by atoms with E-state index in [0.29, 0.717) is 24.5 Å². The molecule has 0 heterocycles.